The lowest BCUT2D eigenvalue weighted by Crippen LogP contribution is -2.17. The highest BCUT2D eigenvalue weighted by Crippen LogP contribution is 2.28. The van der Waals surface area contributed by atoms with Gasteiger partial charge >= 0.3 is 6.61 Å². The molecule has 144 valence electrons. The van der Waals surface area contributed by atoms with Gasteiger partial charge in [0.25, 0.3) is 5.91 Å². The Hall–Kier alpha value is -2.94. The van der Waals surface area contributed by atoms with Crippen LogP contribution in [0.15, 0.2) is 41.6 Å². The van der Waals surface area contributed by atoms with Gasteiger partial charge in [-0.2, -0.15) is 8.78 Å². The van der Waals surface area contributed by atoms with Crippen molar-refractivity contribution < 1.29 is 32.3 Å². The van der Waals surface area contributed by atoms with E-state index in [1.807, 2.05) is 0 Å². The zero-order chi connectivity index (χ0) is 19.8. The van der Waals surface area contributed by atoms with Crippen LogP contribution >= 0.6 is 11.6 Å². The Morgan fingerprint density at radius 1 is 1.26 bits per heavy atom. The first-order valence-corrected chi connectivity index (χ1v) is 7.80. The van der Waals surface area contributed by atoms with Crippen LogP contribution in [0.5, 0.6) is 11.5 Å². The number of nitrogens with one attached hydrogen (secondary N) is 1. The molecule has 2 rings (SSSR count). The molecule has 0 spiro atoms. The van der Waals surface area contributed by atoms with E-state index < -0.39 is 24.9 Å². The van der Waals surface area contributed by atoms with Gasteiger partial charge in [0.15, 0.2) is 18.1 Å². The maximum atomic E-state index is 13.6. The Balaban J connectivity index is 1.88. The molecule has 1 amide bonds. The Kier molecular flexibility index (Phi) is 7.30. The van der Waals surface area contributed by atoms with Crippen LogP contribution in [0.25, 0.3) is 0 Å². The first kappa shape index (κ1) is 20.4. The van der Waals surface area contributed by atoms with E-state index in [2.05, 4.69) is 15.2 Å². The molecule has 0 radical (unpaired) electrons. The fourth-order valence-corrected chi connectivity index (χ4v) is 2.09. The van der Waals surface area contributed by atoms with Gasteiger partial charge < -0.3 is 19.6 Å². The SMILES string of the molecule is COc1cc(/C=N\OCC(=O)Nc2ccc(Cl)cc2F)ccc1OC(F)F. The molecule has 0 saturated carbocycles. The van der Waals surface area contributed by atoms with Gasteiger partial charge in [0.1, 0.15) is 5.82 Å². The molecule has 0 heterocycles. The van der Waals surface area contributed by atoms with E-state index in [4.69, 9.17) is 21.2 Å². The molecule has 0 bridgehead atoms. The number of rotatable bonds is 8. The lowest BCUT2D eigenvalue weighted by atomic mass is 10.2. The van der Waals surface area contributed by atoms with E-state index in [0.717, 1.165) is 6.07 Å². The van der Waals surface area contributed by atoms with Gasteiger partial charge in [0.2, 0.25) is 0 Å². The van der Waals surface area contributed by atoms with Crippen molar-refractivity contribution in [1.29, 1.82) is 0 Å². The van der Waals surface area contributed by atoms with E-state index in [9.17, 15) is 18.0 Å². The Morgan fingerprint density at radius 3 is 2.70 bits per heavy atom. The monoisotopic (exact) mass is 402 g/mol. The zero-order valence-electron chi connectivity index (χ0n) is 13.9. The van der Waals surface area contributed by atoms with Gasteiger partial charge in [-0.1, -0.05) is 16.8 Å². The van der Waals surface area contributed by atoms with Crippen LogP contribution in [-0.4, -0.2) is 32.4 Å². The van der Waals surface area contributed by atoms with Crippen LogP contribution in [0, 0.1) is 5.82 Å². The molecule has 27 heavy (non-hydrogen) atoms. The van der Waals surface area contributed by atoms with Crippen LogP contribution in [0.2, 0.25) is 5.02 Å². The van der Waals surface area contributed by atoms with Crippen molar-refractivity contribution in [2.24, 2.45) is 5.16 Å². The molecule has 2 aromatic rings. The number of nitrogens with zero attached hydrogens (tertiary/aromatic N) is 1. The standard InChI is InChI=1S/C17H14ClF3N2O4/c1-25-15-6-10(2-5-14(15)27-17(20)21)8-22-26-9-16(24)23-13-4-3-11(18)7-12(13)19/h2-8,17H,9H2,1H3,(H,23,24)/b22-8-. The number of alkyl halides is 2. The lowest BCUT2D eigenvalue weighted by molar-refractivity contribution is -0.120. The number of carbonyl (C=O) groups is 1. The maximum absolute atomic E-state index is 13.6. The maximum Gasteiger partial charge on any atom is 0.387 e. The van der Waals surface area contributed by atoms with Gasteiger partial charge in [-0.15, -0.1) is 0 Å². The summed E-state index contributed by atoms with van der Waals surface area (Å²) in [7, 11) is 1.30. The van der Waals surface area contributed by atoms with Crippen LogP contribution in [0.3, 0.4) is 0 Å². The third-order valence-electron chi connectivity index (χ3n) is 3.08. The average Bonchev–Trinajstić information content (AvgIpc) is 2.61. The van der Waals surface area contributed by atoms with Crippen LogP contribution in [0.4, 0.5) is 18.9 Å². The molecular formula is C17H14ClF3N2O4. The Morgan fingerprint density at radius 2 is 2.04 bits per heavy atom. The highest BCUT2D eigenvalue weighted by atomic mass is 35.5. The lowest BCUT2D eigenvalue weighted by Gasteiger charge is -2.09. The second-order valence-electron chi connectivity index (χ2n) is 4.97. The van der Waals surface area contributed by atoms with Crippen molar-refractivity contribution in [3.63, 3.8) is 0 Å². The minimum absolute atomic E-state index is 0.0451. The van der Waals surface area contributed by atoms with E-state index in [0.29, 0.717) is 5.56 Å². The van der Waals surface area contributed by atoms with Gasteiger partial charge in [-0.25, -0.2) is 4.39 Å². The quantitative estimate of drug-likeness (QED) is 0.533. The predicted molar refractivity (Wildman–Crippen MR) is 93.2 cm³/mol. The number of oxime groups is 1. The minimum Gasteiger partial charge on any atom is -0.493 e. The van der Waals surface area contributed by atoms with Crippen molar-refractivity contribution in [1.82, 2.24) is 0 Å². The van der Waals surface area contributed by atoms with Gasteiger partial charge in [-0.05, 0) is 36.4 Å². The molecule has 10 heteroatoms. The fourth-order valence-electron chi connectivity index (χ4n) is 1.93. The summed E-state index contributed by atoms with van der Waals surface area (Å²) >= 11 is 5.62. The number of hydrogen-bond donors (Lipinski definition) is 1. The predicted octanol–water partition coefficient (Wildman–Crippen LogP) is 4.08. The van der Waals surface area contributed by atoms with Crippen molar-refractivity contribution >= 4 is 29.4 Å². The largest absolute Gasteiger partial charge is 0.493 e. The highest BCUT2D eigenvalue weighted by molar-refractivity contribution is 6.30. The topological polar surface area (TPSA) is 69.2 Å². The summed E-state index contributed by atoms with van der Waals surface area (Å²) in [5.74, 6) is -1.37. The summed E-state index contributed by atoms with van der Waals surface area (Å²) in [5.41, 5.74) is 0.411. The van der Waals surface area contributed by atoms with E-state index in [1.54, 1.807) is 0 Å². The first-order chi connectivity index (χ1) is 12.9. The number of hydrogen-bond acceptors (Lipinski definition) is 5. The molecular weight excluding hydrogens is 389 g/mol. The Labute approximate surface area is 157 Å². The van der Waals surface area contributed by atoms with Crippen LogP contribution in [-0.2, 0) is 9.63 Å². The average molecular weight is 403 g/mol. The van der Waals surface area contributed by atoms with E-state index >= 15 is 0 Å². The van der Waals surface area contributed by atoms with Crippen molar-refractivity contribution in [3.8, 4) is 11.5 Å². The molecule has 0 saturated heterocycles. The number of carbonyl (C=O) groups excluding carboxylic acids is 1. The Bertz CT molecular complexity index is 834. The number of amides is 1. The summed E-state index contributed by atoms with van der Waals surface area (Å²) in [6.07, 6.45) is 1.24. The summed E-state index contributed by atoms with van der Waals surface area (Å²) < 4.78 is 47.3. The van der Waals surface area contributed by atoms with Crippen LogP contribution in [0.1, 0.15) is 5.56 Å². The fraction of sp³-hybridized carbons (Fsp3) is 0.176. The summed E-state index contributed by atoms with van der Waals surface area (Å²) in [5, 5.41) is 6.08. The van der Waals surface area contributed by atoms with Gasteiger partial charge in [0, 0.05) is 10.6 Å². The summed E-state index contributed by atoms with van der Waals surface area (Å²) in [4.78, 5) is 16.5. The van der Waals surface area contributed by atoms with Crippen molar-refractivity contribution in [3.05, 3.63) is 52.8 Å². The summed E-state index contributed by atoms with van der Waals surface area (Å²) in [6, 6.07) is 7.92. The number of halogens is 4. The van der Waals surface area contributed by atoms with Gasteiger partial charge in [0.05, 0.1) is 19.0 Å². The second-order valence-corrected chi connectivity index (χ2v) is 5.41. The van der Waals surface area contributed by atoms with Crippen molar-refractivity contribution in [2.45, 2.75) is 6.61 Å². The third-order valence-corrected chi connectivity index (χ3v) is 3.32. The molecule has 2 aromatic carbocycles. The normalized spacial score (nSPS) is 10.9. The van der Waals surface area contributed by atoms with E-state index in [-0.39, 0.29) is 22.2 Å². The van der Waals surface area contributed by atoms with Crippen LogP contribution < -0.4 is 14.8 Å². The second kappa shape index (κ2) is 9.67. The minimum atomic E-state index is -2.98. The summed E-state index contributed by atoms with van der Waals surface area (Å²) in [6.45, 7) is -3.45. The first-order valence-electron chi connectivity index (χ1n) is 7.42. The number of ether oxygens (including phenoxy) is 2. The molecule has 1 N–H and O–H groups in total. The molecule has 0 aromatic heterocycles. The molecule has 0 unspecified atom stereocenters. The molecule has 0 aliphatic heterocycles. The van der Waals surface area contributed by atoms with E-state index in [1.165, 1.54) is 43.7 Å². The highest BCUT2D eigenvalue weighted by Gasteiger charge is 2.11. The molecule has 0 atom stereocenters. The zero-order valence-corrected chi connectivity index (χ0v) is 14.7. The van der Waals surface area contributed by atoms with Gasteiger partial charge in [-0.3, -0.25) is 4.79 Å². The smallest absolute Gasteiger partial charge is 0.387 e. The molecule has 0 aliphatic rings. The van der Waals surface area contributed by atoms with Crippen molar-refractivity contribution in [2.75, 3.05) is 19.0 Å². The molecule has 0 aliphatic carbocycles. The number of benzene rings is 2. The number of methoxy groups -OCH3 is 1. The molecule has 6 nitrogen and oxygen atoms in total. The third kappa shape index (κ3) is 6.37. The number of anilines is 1. The molecule has 0 fully saturated rings.